The number of anilines is 1. The molecule has 0 atom stereocenters. The van der Waals surface area contributed by atoms with Gasteiger partial charge in [0.2, 0.25) is 15.9 Å². The van der Waals surface area contributed by atoms with Crippen LogP contribution in [0.4, 0.5) is 5.69 Å². The molecule has 0 spiro atoms. The molecule has 0 aromatic heterocycles. The number of benzene rings is 2. The van der Waals surface area contributed by atoms with E-state index in [0.717, 1.165) is 16.1 Å². The quantitative estimate of drug-likeness (QED) is 0.683. The number of carbonyl (C=O) groups is 1. The molecule has 154 valence electrons. The van der Waals surface area contributed by atoms with Crippen LogP contribution < -0.4 is 5.32 Å². The first-order valence-corrected chi connectivity index (χ1v) is 12.1. The van der Waals surface area contributed by atoms with Crippen LogP contribution in [0.2, 0.25) is 0 Å². The maximum absolute atomic E-state index is 12.5. The molecule has 0 bridgehead atoms. The molecule has 1 amide bonds. The van der Waals surface area contributed by atoms with Crippen molar-refractivity contribution in [3.05, 3.63) is 65.6 Å². The fourth-order valence-electron chi connectivity index (χ4n) is 3.03. The van der Waals surface area contributed by atoms with E-state index in [1.54, 1.807) is 17.8 Å². The van der Waals surface area contributed by atoms with Crippen molar-refractivity contribution in [3.8, 4) is 0 Å². The van der Waals surface area contributed by atoms with Crippen LogP contribution in [0.3, 0.4) is 0 Å². The molecule has 1 aliphatic rings. The Hall–Kier alpha value is -2.13. The minimum atomic E-state index is -3.47. The number of carbonyl (C=O) groups excluding carboxylic acids is 1. The lowest BCUT2D eigenvalue weighted by Gasteiger charge is -2.32. The summed E-state index contributed by atoms with van der Waals surface area (Å²) in [6, 6.07) is 17.0. The highest BCUT2D eigenvalue weighted by Crippen LogP contribution is 2.17. The molecule has 2 aromatic carbocycles. The van der Waals surface area contributed by atoms with Crippen LogP contribution in [0.15, 0.2) is 64.9 Å². The van der Waals surface area contributed by atoms with Crippen LogP contribution in [0, 0.1) is 0 Å². The van der Waals surface area contributed by atoms with E-state index in [0.29, 0.717) is 26.2 Å². The average Bonchev–Trinajstić information content (AvgIpc) is 2.74. The molecular formula is C21H25N3O3S2. The van der Waals surface area contributed by atoms with Gasteiger partial charge in [0.25, 0.3) is 0 Å². The first-order chi connectivity index (χ1) is 14.0. The first kappa shape index (κ1) is 21.6. The van der Waals surface area contributed by atoms with Gasteiger partial charge in [-0.25, -0.2) is 8.42 Å². The molecule has 1 heterocycles. The lowest BCUT2D eigenvalue weighted by atomic mass is 10.2. The van der Waals surface area contributed by atoms with Crippen molar-refractivity contribution in [2.75, 3.05) is 44.3 Å². The maximum Gasteiger partial charge on any atom is 0.238 e. The zero-order chi connectivity index (χ0) is 20.7. The van der Waals surface area contributed by atoms with Gasteiger partial charge in [-0.05, 0) is 42.2 Å². The van der Waals surface area contributed by atoms with E-state index >= 15 is 0 Å². The van der Waals surface area contributed by atoms with E-state index in [4.69, 9.17) is 0 Å². The van der Waals surface area contributed by atoms with Crippen molar-refractivity contribution < 1.29 is 13.2 Å². The number of sulfonamides is 1. The van der Waals surface area contributed by atoms with E-state index < -0.39 is 10.0 Å². The number of thioether (sulfide) groups is 1. The number of hydrogen-bond donors (Lipinski definition) is 1. The minimum Gasteiger partial charge on any atom is -0.325 e. The van der Waals surface area contributed by atoms with Crippen molar-refractivity contribution >= 4 is 39.5 Å². The molecule has 1 aliphatic heterocycles. The van der Waals surface area contributed by atoms with E-state index in [1.807, 2.05) is 65.8 Å². The van der Waals surface area contributed by atoms with Gasteiger partial charge in [0.1, 0.15) is 0 Å². The third kappa shape index (κ3) is 6.43. The van der Waals surface area contributed by atoms with E-state index in [9.17, 15) is 13.2 Å². The standard InChI is InChI=1S/C21H25N3O3S2/c1-28-20-9-7-19(8-10-20)22-21(25)17-23-12-14-24(15-13-23)29(26,27)16-11-18-5-3-2-4-6-18/h2-11,16H,12-15,17H2,1H3,(H,22,25)/b16-11+. The Morgan fingerprint density at radius 3 is 2.31 bits per heavy atom. The first-order valence-electron chi connectivity index (χ1n) is 9.36. The highest BCUT2D eigenvalue weighted by atomic mass is 32.2. The van der Waals surface area contributed by atoms with Crippen LogP contribution in [-0.2, 0) is 14.8 Å². The zero-order valence-corrected chi connectivity index (χ0v) is 18.0. The number of piperazine rings is 1. The second-order valence-electron chi connectivity index (χ2n) is 6.71. The Bertz CT molecular complexity index is 937. The van der Waals surface area contributed by atoms with Gasteiger partial charge in [-0.3, -0.25) is 9.69 Å². The number of hydrogen-bond acceptors (Lipinski definition) is 5. The lowest BCUT2D eigenvalue weighted by Crippen LogP contribution is -2.49. The summed E-state index contributed by atoms with van der Waals surface area (Å²) in [5.74, 6) is -0.0952. The Labute approximate surface area is 176 Å². The molecule has 1 N–H and O–H groups in total. The lowest BCUT2D eigenvalue weighted by molar-refractivity contribution is -0.117. The Kier molecular flexibility index (Phi) is 7.49. The van der Waals surface area contributed by atoms with Gasteiger partial charge in [0, 0.05) is 42.2 Å². The molecule has 8 heteroatoms. The van der Waals surface area contributed by atoms with Crippen LogP contribution in [0.25, 0.3) is 6.08 Å². The number of nitrogens with zero attached hydrogens (tertiary/aromatic N) is 2. The molecule has 1 saturated heterocycles. The fraction of sp³-hybridized carbons (Fsp3) is 0.286. The topological polar surface area (TPSA) is 69.7 Å². The highest BCUT2D eigenvalue weighted by Gasteiger charge is 2.25. The second-order valence-corrected chi connectivity index (χ2v) is 9.41. The summed E-state index contributed by atoms with van der Waals surface area (Å²) < 4.78 is 26.5. The predicted octanol–water partition coefficient (Wildman–Crippen LogP) is 2.97. The van der Waals surface area contributed by atoms with Crippen LogP contribution >= 0.6 is 11.8 Å². The normalized spacial score (nSPS) is 16.2. The summed E-state index contributed by atoms with van der Waals surface area (Å²) >= 11 is 1.65. The third-order valence-corrected chi connectivity index (χ3v) is 6.97. The molecular weight excluding hydrogens is 406 g/mol. The fourth-order valence-corrected chi connectivity index (χ4v) is 4.62. The van der Waals surface area contributed by atoms with Gasteiger partial charge < -0.3 is 5.32 Å². The average molecular weight is 432 g/mol. The van der Waals surface area contributed by atoms with Gasteiger partial charge in [-0.2, -0.15) is 4.31 Å². The van der Waals surface area contributed by atoms with Crippen LogP contribution in [-0.4, -0.2) is 62.5 Å². The molecule has 0 aliphatic carbocycles. The molecule has 6 nitrogen and oxygen atoms in total. The summed E-state index contributed by atoms with van der Waals surface area (Å²) in [7, 11) is -3.47. The third-order valence-electron chi connectivity index (χ3n) is 4.66. The molecule has 29 heavy (non-hydrogen) atoms. The highest BCUT2D eigenvalue weighted by molar-refractivity contribution is 7.98. The Balaban J connectivity index is 1.48. The molecule has 2 aromatic rings. The number of amides is 1. The molecule has 1 fully saturated rings. The monoisotopic (exact) mass is 431 g/mol. The van der Waals surface area contributed by atoms with E-state index in [2.05, 4.69) is 5.32 Å². The summed E-state index contributed by atoms with van der Waals surface area (Å²) in [6.07, 6.45) is 3.61. The van der Waals surface area contributed by atoms with Crippen molar-refractivity contribution in [2.24, 2.45) is 0 Å². The summed E-state index contributed by atoms with van der Waals surface area (Å²) in [4.78, 5) is 15.4. The Morgan fingerprint density at radius 2 is 1.69 bits per heavy atom. The molecule has 0 saturated carbocycles. The maximum atomic E-state index is 12.5. The van der Waals surface area contributed by atoms with Crippen molar-refractivity contribution in [1.29, 1.82) is 0 Å². The minimum absolute atomic E-state index is 0.0952. The zero-order valence-electron chi connectivity index (χ0n) is 16.3. The van der Waals surface area contributed by atoms with Gasteiger partial charge >= 0.3 is 0 Å². The summed E-state index contributed by atoms with van der Waals surface area (Å²) in [5.41, 5.74) is 1.61. The van der Waals surface area contributed by atoms with E-state index in [-0.39, 0.29) is 12.5 Å². The number of rotatable bonds is 7. The summed E-state index contributed by atoms with van der Waals surface area (Å²) in [5, 5.41) is 4.14. The SMILES string of the molecule is CSc1ccc(NC(=O)CN2CCN(S(=O)(=O)/C=C/c3ccccc3)CC2)cc1. The van der Waals surface area contributed by atoms with Crippen LogP contribution in [0.1, 0.15) is 5.56 Å². The van der Waals surface area contributed by atoms with Gasteiger partial charge in [-0.15, -0.1) is 11.8 Å². The number of nitrogens with one attached hydrogen (secondary N) is 1. The smallest absolute Gasteiger partial charge is 0.238 e. The second kappa shape index (κ2) is 10.1. The van der Waals surface area contributed by atoms with Crippen molar-refractivity contribution in [1.82, 2.24) is 9.21 Å². The van der Waals surface area contributed by atoms with E-state index in [1.165, 1.54) is 9.71 Å². The van der Waals surface area contributed by atoms with Gasteiger partial charge in [0.05, 0.1) is 6.54 Å². The van der Waals surface area contributed by atoms with Gasteiger partial charge in [0.15, 0.2) is 0 Å². The largest absolute Gasteiger partial charge is 0.325 e. The van der Waals surface area contributed by atoms with Crippen LogP contribution in [0.5, 0.6) is 0 Å². The van der Waals surface area contributed by atoms with Crippen molar-refractivity contribution in [3.63, 3.8) is 0 Å². The molecule has 3 rings (SSSR count). The predicted molar refractivity (Wildman–Crippen MR) is 119 cm³/mol. The van der Waals surface area contributed by atoms with Crippen molar-refractivity contribution in [2.45, 2.75) is 4.90 Å². The summed E-state index contributed by atoms with van der Waals surface area (Å²) in [6.45, 7) is 2.04. The molecule has 0 unspecified atom stereocenters. The van der Waals surface area contributed by atoms with Gasteiger partial charge in [-0.1, -0.05) is 30.3 Å². The molecule has 0 radical (unpaired) electrons. The Morgan fingerprint density at radius 1 is 1.03 bits per heavy atom.